The summed E-state index contributed by atoms with van der Waals surface area (Å²) < 4.78 is 12.7. The smallest absolute Gasteiger partial charge is 0.259 e. The zero-order valence-electron chi connectivity index (χ0n) is 10.8. The number of benzene rings is 1. The molecule has 2 N–H and O–H groups in total. The normalized spacial score (nSPS) is 14.9. The van der Waals surface area contributed by atoms with Crippen molar-refractivity contribution in [3.05, 3.63) is 30.1 Å². The Morgan fingerprint density at radius 3 is 2.53 bits per heavy atom. The van der Waals surface area contributed by atoms with Crippen LogP contribution < -0.4 is 10.7 Å². The van der Waals surface area contributed by atoms with E-state index in [9.17, 15) is 9.18 Å². The number of carbonyl (C=O) groups excluding carboxylic acids is 1. The quantitative estimate of drug-likeness (QED) is 0.821. The van der Waals surface area contributed by atoms with Gasteiger partial charge in [0, 0.05) is 11.4 Å². The predicted molar refractivity (Wildman–Crippen MR) is 73.6 cm³/mol. The zero-order valence-corrected chi connectivity index (χ0v) is 10.8. The lowest BCUT2D eigenvalue weighted by Gasteiger charge is -2.12. The van der Waals surface area contributed by atoms with Gasteiger partial charge in [0.05, 0.1) is 6.54 Å². The van der Waals surface area contributed by atoms with Crippen LogP contribution in [-0.2, 0) is 4.79 Å². The first-order valence-electron chi connectivity index (χ1n) is 6.58. The standard InChI is InChI=1S/C14H18FN3O/c15-11-6-8-12(9-7-11)16-10-14(19)18-17-13-4-2-1-3-5-13/h6-9,16H,1-5,10H2,(H,18,19). The number of rotatable bonds is 4. The summed E-state index contributed by atoms with van der Waals surface area (Å²) in [4.78, 5) is 11.6. The van der Waals surface area contributed by atoms with Crippen LogP contribution in [0, 0.1) is 5.82 Å². The molecule has 0 spiro atoms. The van der Waals surface area contributed by atoms with Crippen LogP contribution in [0.15, 0.2) is 29.4 Å². The molecule has 102 valence electrons. The van der Waals surface area contributed by atoms with Gasteiger partial charge in [-0.3, -0.25) is 4.79 Å². The average molecular weight is 263 g/mol. The third-order valence-electron chi connectivity index (χ3n) is 3.07. The van der Waals surface area contributed by atoms with Crippen LogP contribution in [0.2, 0.25) is 0 Å². The van der Waals surface area contributed by atoms with Crippen molar-refractivity contribution in [3.8, 4) is 0 Å². The van der Waals surface area contributed by atoms with Crippen molar-refractivity contribution in [2.45, 2.75) is 32.1 Å². The van der Waals surface area contributed by atoms with Gasteiger partial charge in [-0.1, -0.05) is 6.42 Å². The molecule has 1 aromatic rings. The van der Waals surface area contributed by atoms with Crippen molar-refractivity contribution in [2.24, 2.45) is 5.10 Å². The zero-order chi connectivity index (χ0) is 13.5. The van der Waals surface area contributed by atoms with Gasteiger partial charge in [-0.25, -0.2) is 9.82 Å². The fourth-order valence-electron chi connectivity index (χ4n) is 2.00. The van der Waals surface area contributed by atoms with E-state index in [-0.39, 0.29) is 18.3 Å². The second-order valence-corrected chi connectivity index (χ2v) is 4.63. The summed E-state index contributed by atoms with van der Waals surface area (Å²) in [7, 11) is 0. The van der Waals surface area contributed by atoms with Gasteiger partial charge < -0.3 is 5.32 Å². The van der Waals surface area contributed by atoms with E-state index >= 15 is 0 Å². The predicted octanol–water partition coefficient (Wildman–Crippen LogP) is 2.67. The molecule has 0 radical (unpaired) electrons. The summed E-state index contributed by atoms with van der Waals surface area (Å²) in [5.74, 6) is -0.485. The Morgan fingerprint density at radius 1 is 1.16 bits per heavy atom. The van der Waals surface area contributed by atoms with Gasteiger partial charge in [0.25, 0.3) is 5.91 Å². The lowest BCUT2D eigenvalue weighted by Crippen LogP contribution is -2.27. The van der Waals surface area contributed by atoms with Crippen LogP contribution in [0.3, 0.4) is 0 Å². The molecule has 1 saturated carbocycles. The Balaban J connectivity index is 1.73. The second-order valence-electron chi connectivity index (χ2n) is 4.63. The highest BCUT2D eigenvalue weighted by atomic mass is 19.1. The molecule has 5 heteroatoms. The highest BCUT2D eigenvalue weighted by Gasteiger charge is 2.07. The minimum absolute atomic E-state index is 0.127. The molecule has 0 unspecified atom stereocenters. The molecule has 1 aliphatic carbocycles. The van der Waals surface area contributed by atoms with Crippen LogP contribution in [0.5, 0.6) is 0 Å². The molecular formula is C14H18FN3O. The number of amides is 1. The van der Waals surface area contributed by atoms with Gasteiger partial charge in [-0.05, 0) is 49.9 Å². The Hall–Kier alpha value is -1.91. The van der Waals surface area contributed by atoms with Crippen molar-refractivity contribution < 1.29 is 9.18 Å². The van der Waals surface area contributed by atoms with E-state index in [1.54, 1.807) is 12.1 Å². The fourth-order valence-corrected chi connectivity index (χ4v) is 2.00. The largest absolute Gasteiger partial charge is 0.376 e. The maximum atomic E-state index is 12.7. The Labute approximate surface area is 112 Å². The van der Waals surface area contributed by atoms with Gasteiger partial charge in [-0.15, -0.1) is 0 Å². The second kappa shape index (κ2) is 6.87. The molecule has 0 atom stereocenters. The monoisotopic (exact) mass is 263 g/mol. The molecule has 0 aliphatic heterocycles. The van der Waals surface area contributed by atoms with Gasteiger partial charge >= 0.3 is 0 Å². The lowest BCUT2D eigenvalue weighted by atomic mass is 9.99. The number of carbonyl (C=O) groups is 1. The van der Waals surface area contributed by atoms with Crippen LogP contribution in [-0.4, -0.2) is 18.2 Å². The number of anilines is 1. The molecule has 0 bridgehead atoms. The first-order chi connectivity index (χ1) is 9.24. The highest BCUT2D eigenvalue weighted by molar-refractivity contribution is 5.87. The summed E-state index contributed by atoms with van der Waals surface area (Å²) in [6, 6.07) is 5.89. The molecule has 2 rings (SSSR count). The van der Waals surface area contributed by atoms with Gasteiger partial charge in [-0.2, -0.15) is 5.10 Å². The first kappa shape index (κ1) is 13.5. The number of hydrogen-bond donors (Lipinski definition) is 2. The van der Waals surface area contributed by atoms with Crippen LogP contribution in [0.1, 0.15) is 32.1 Å². The lowest BCUT2D eigenvalue weighted by molar-refractivity contribution is -0.119. The highest BCUT2D eigenvalue weighted by Crippen LogP contribution is 2.14. The van der Waals surface area contributed by atoms with Crippen molar-refractivity contribution in [1.29, 1.82) is 0 Å². The number of halogens is 1. The van der Waals surface area contributed by atoms with Crippen LogP contribution in [0.25, 0.3) is 0 Å². The number of hydrazone groups is 1. The van der Waals surface area contributed by atoms with Gasteiger partial charge in [0.2, 0.25) is 0 Å². The van der Waals surface area contributed by atoms with Crippen LogP contribution in [0.4, 0.5) is 10.1 Å². The van der Waals surface area contributed by atoms with Crippen molar-refractivity contribution >= 4 is 17.3 Å². The summed E-state index contributed by atoms with van der Waals surface area (Å²) in [6.45, 7) is 0.127. The molecule has 19 heavy (non-hydrogen) atoms. The topological polar surface area (TPSA) is 53.5 Å². The minimum Gasteiger partial charge on any atom is -0.376 e. The summed E-state index contributed by atoms with van der Waals surface area (Å²) >= 11 is 0. The Bertz CT molecular complexity index is 448. The van der Waals surface area contributed by atoms with E-state index in [1.807, 2.05) is 0 Å². The number of nitrogens with one attached hydrogen (secondary N) is 2. The molecule has 1 amide bonds. The number of hydrogen-bond acceptors (Lipinski definition) is 3. The molecule has 1 aromatic carbocycles. The summed E-state index contributed by atoms with van der Waals surface area (Å²) in [5.41, 5.74) is 4.33. The van der Waals surface area contributed by atoms with Crippen molar-refractivity contribution in [1.82, 2.24) is 5.43 Å². The van der Waals surface area contributed by atoms with E-state index in [0.29, 0.717) is 5.69 Å². The molecular weight excluding hydrogens is 245 g/mol. The van der Waals surface area contributed by atoms with Crippen molar-refractivity contribution in [2.75, 3.05) is 11.9 Å². The summed E-state index contributed by atoms with van der Waals surface area (Å²) in [6.07, 6.45) is 5.52. The fraction of sp³-hybridized carbons (Fsp3) is 0.429. The van der Waals surface area contributed by atoms with E-state index in [0.717, 1.165) is 31.4 Å². The third-order valence-corrected chi connectivity index (χ3v) is 3.07. The average Bonchev–Trinajstić information content (AvgIpc) is 2.45. The SMILES string of the molecule is O=C(CNc1ccc(F)cc1)NN=C1CCCCC1. The maximum Gasteiger partial charge on any atom is 0.259 e. The third kappa shape index (κ3) is 4.69. The summed E-state index contributed by atoms with van der Waals surface area (Å²) in [5, 5.41) is 7.04. The molecule has 4 nitrogen and oxygen atoms in total. The first-order valence-corrected chi connectivity index (χ1v) is 6.58. The molecule has 0 saturated heterocycles. The van der Waals surface area contributed by atoms with Crippen LogP contribution >= 0.6 is 0 Å². The molecule has 0 aromatic heterocycles. The van der Waals surface area contributed by atoms with Crippen molar-refractivity contribution in [3.63, 3.8) is 0 Å². The maximum absolute atomic E-state index is 12.7. The Morgan fingerprint density at radius 2 is 1.84 bits per heavy atom. The van der Waals surface area contributed by atoms with E-state index < -0.39 is 0 Å². The minimum atomic E-state index is -0.293. The van der Waals surface area contributed by atoms with E-state index in [4.69, 9.17) is 0 Å². The van der Waals surface area contributed by atoms with E-state index in [1.165, 1.54) is 18.6 Å². The molecule has 0 heterocycles. The Kier molecular flexibility index (Phi) is 4.89. The molecule has 1 fully saturated rings. The van der Waals surface area contributed by atoms with Gasteiger partial charge in [0.1, 0.15) is 5.82 Å². The van der Waals surface area contributed by atoms with E-state index in [2.05, 4.69) is 15.8 Å². The van der Waals surface area contributed by atoms with Gasteiger partial charge in [0.15, 0.2) is 0 Å². The number of nitrogens with zero attached hydrogens (tertiary/aromatic N) is 1. The molecule has 1 aliphatic rings.